The fourth-order valence-corrected chi connectivity index (χ4v) is 4.48. The molecular formula is C22H31N3O3. The summed E-state index contributed by atoms with van der Waals surface area (Å²) in [7, 11) is 5.13. The van der Waals surface area contributed by atoms with Gasteiger partial charge in [-0.05, 0) is 43.7 Å². The van der Waals surface area contributed by atoms with Crippen molar-refractivity contribution in [2.75, 3.05) is 52.9 Å². The summed E-state index contributed by atoms with van der Waals surface area (Å²) in [5.41, 5.74) is 4.87. The second-order valence-electron chi connectivity index (χ2n) is 7.74. The lowest BCUT2D eigenvalue weighted by Gasteiger charge is -2.33. The smallest absolute Gasteiger partial charge is 0.162 e. The van der Waals surface area contributed by atoms with Crippen LogP contribution in [-0.4, -0.2) is 63.5 Å². The highest BCUT2D eigenvalue weighted by atomic mass is 16.5. The summed E-state index contributed by atoms with van der Waals surface area (Å²) in [5, 5.41) is 5.03. The molecule has 4 rings (SSSR count). The van der Waals surface area contributed by atoms with E-state index >= 15 is 0 Å². The van der Waals surface area contributed by atoms with Gasteiger partial charge in [0.2, 0.25) is 0 Å². The van der Waals surface area contributed by atoms with Crippen LogP contribution in [0.15, 0.2) is 12.1 Å². The number of fused-ring (bicyclic) bond motifs is 2. The fraction of sp³-hybridized carbons (Fsp3) is 0.591. The van der Waals surface area contributed by atoms with E-state index in [9.17, 15) is 0 Å². The molecule has 28 heavy (non-hydrogen) atoms. The summed E-state index contributed by atoms with van der Waals surface area (Å²) in [4.78, 5) is 7.43. The van der Waals surface area contributed by atoms with Gasteiger partial charge in [-0.25, -0.2) is 0 Å². The molecule has 1 saturated heterocycles. The summed E-state index contributed by atoms with van der Waals surface area (Å²) in [6.07, 6.45) is 5.63. The molecule has 0 bridgehead atoms. The molecule has 1 fully saturated rings. The normalized spacial score (nSPS) is 17.7. The first-order valence-electron chi connectivity index (χ1n) is 10.3. The Balaban J connectivity index is 1.62. The first kappa shape index (κ1) is 19.3. The van der Waals surface area contributed by atoms with Crippen molar-refractivity contribution < 1.29 is 14.2 Å². The Kier molecular flexibility index (Phi) is 5.87. The van der Waals surface area contributed by atoms with E-state index in [2.05, 4.69) is 16.3 Å². The van der Waals surface area contributed by atoms with Crippen LogP contribution in [0.5, 0.6) is 11.5 Å². The Morgan fingerprint density at radius 3 is 2.54 bits per heavy atom. The van der Waals surface area contributed by atoms with E-state index in [0.717, 1.165) is 74.3 Å². The number of benzene rings is 1. The molecule has 0 spiro atoms. The number of aromatic nitrogens is 1. The van der Waals surface area contributed by atoms with Gasteiger partial charge in [-0.1, -0.05) is 0 Å². The topological polar surface area (TPSA) is 55.9 Å². The second-order valence-corrected chi connectivity index (χ2v) is 7.74. The third-order valence-electron chi connectivity index (χ3n) is 6.06. The van der Waals surface area contributed by atoms with Crippen molar-refractivity contribution >= 4 is 16.6 Å². The molecule has 6 nitrogen and oxygen atoms in total. The van der Waals surface area contributed by atoms with Crippen molar-refractivity contribution in [3.05, 3.63) is 23.4 Å². The van der Waals surface area contributed by atoms with Crippen LogP contribution < -0.4 is 14.8 Å². The standard InChI is InChI=1S/C22H31N3O3/c1-26-12-11-25-9-7-15(8-10-25)23-22-16-5-4-6-18(16)24-19-14-21(28-3)20(27-2)13-17(19)22/h13-15H,4-12H2,1-3H3,(H,23,24). The maximum absolute atomic E-state index is 5.56. The van der Waals surface area contributed by atoms with Crippen LogP contribution in [0.4, 0.5) is 5.69 Å². The quantitative estimate of drug-likeness (QED) is 0.790. The predicted molar refractivity (Wildman–Crippen MR) is 112 cm³/mol. The van der Waals surface area contributed by atoms with E-state index in [0.29, 0.717) is 6.04 Å². The number of methoxy groups -OCH3 is 3. The molecule has 1 aliphatic carbocycles. The number of piperidine rings is 1. The maximum atomic E-state index is 5.56. The molecule has 0 amide bonds. The molecule has 2 heterocycles. The summed E-state index contributed by atoms with van der Waals surface area (Å²) in [6.45, 7) is 4.06. The van der Waals surface area contributed by atoms with E-state index in [1.807, 2.05) is 6.07 Å². The van der Waals surface area contributed by atoms with E-state index in [4.69, 9.17) is 19.2 Å². The van der Waals surface area contributed by atoms with Gasteiger partial charge >= 0.3 is 0 Å². The average molecular weight is 386 g/mol. The number of aryl methyl sites for hydroxylation is 1. The van der Waals surface area contributed by atoms with Gasteiger partial charge in [-0.3, -0.25) is 4.98 Å². The molecular weight excluding hydrogens is 354 g/mol. The van der Waals surface area contributed by atoms with Gasteiger partial charge in [0.15, 0.2) is 11.5 Å². The average Bonchev–Trinajstić information content (AvgIpc) is 3.20. The molecule has 152 valence electrons. The molecule has 2 aromatic rings. The second kappa shape index (κ2) is 8.53. The number of nitrogens with one attached hydrogen (secondary N) is 1. The van der Waals surface area contributed by atoms with E-state index < -0.39 is 0 Å². The molecule has 1 aliphatic heterocycles. The summed E-state index contributed by atoms with van der Waals surface area (Å²) in [5.74, 6) is 1.49. The lowest BCUT2D eigenvalue weighted by molar-refractivity contribution is 0.132. The molecule has 1 aromatic heterocycles. The Labute approximate surface area is 167 Å². The van der Waals surface area contributed by atoms with Gasteiger partial charge in [0.25, 0.3) is 0 Å². The molecule has 0 atom stereocenters. The van der Waals surface area contributed by atoms with Crippen LogP contribution in [0.3, 0.4) is 0 Å². The third kappa shape index (κ3) is 3.76. The Morgan fingerprint density at radius 2 is 1.82 bits per heavy atom. The first-order chi connectivity index (χ1) is 13.7. The lowest BCUT2D eigenvalue weighted by Crippen LogP contribution is -2.40. The minimum atomic E-state index is 0.488. The van der Waals surface area contributed by atoms with Gasteiger partial charge in [0.05, 0.1) is 26.3 Å². The van der Waals surface area contributed by atoms with Crippen LogP contribution in [0.2, 0.25) is 0 Å². The van der Waals surface area contributed by atoms with E-state index in [1.165, 1.54) is 23.4 Å². The molecule has 0 saturated carbocycles. The number of pyridine rings is 1. The fourth-order valence-electron chi connectivity index (χ4n) is 4.48. The number of rotatable bonds is 7. The molecule has 6 heteroatoms. The van der Waals surface area contributed by atoms with Crippen molar-refractivity contribution in [3.8, 4) is 11.5 Å². The number of nitrogens with zero attached hydrogens (tertiary/aromatic N) is 2. The number of likely N-dealkylation sites (tertiary alicyclic amines) is 1. The van der Waals surface area contributed by atoms with Gasteiger partial charge in [0, 0.05) is 55.6 Å². The minimum absolute atomic E-state index is 0.488. The highest BCUT2D eigenvalue weighted by molar-refractivity contribution is 5.96. The zero-order valence-corrected chi connectivity index (χ0v) is 17.2. The number of hydrogen-bond acceptors (Lipinski definition) is 6. The minimum Gasteiger partial charge on any atom is -0.493 e. The van der Waals surface area contributed by atoms with Crippen molar-refractivity contribution in [1.29, 1.82) is 0 Å². The largest absolute Gasteiger partial charge is 0.493 e. The SMILES string of the molecule is COCCN1CCC(Nc2c3c(nc4cc(OC)c(OC)cc24)CCC3)CC1. The Morgan fingerprint density at radius 1 is 1.07 bits per heavy atom. The number of ether oxygens (including phenoxy) is 3. The Hall–Kier alpha value is -2.05. The van der Waals surface area contributed by atoms with Crippen LogP contribution in [0.25, 0.3) is 10.9 Å². The summed E-state index contributed by atoms with van der Waals surface area (Å²) >= 11 is 0. The third-order valence-corrected chi connectivity index (χ3v) is 6.06. The van der Waals surface area contributed by atoms with Crippen molar-refractivity contribution in [1.82, 2.24) is 9.88 Å². The van der Waals surface area contributed by atoms with Gasteiger partial charge in [-0.15, -0.1) is 0 Å². The molecule has 0 radical (unpaired) electrons. The van der Waals surface area contributed by atoms with Crippen molar-refractivity contribution in [2.24, 2.45) is 0 Å². The van der Waals surface area contributed by atoms with Gasteiger partial charge in [0.1, 0.15) is 0 Å². The predicted octanol–water partition coefficient (Wildman–Crippen LogP) is 3.26. The number of anilines is 1. The first-order valence-corrected chi connectivity index (χ1v) is 10.3. The van der Waals surface area contributed by atoms with Crippen LogP contribution in [0, 0.1) is 0 Å². The van der Waals surface area contributed by atoms with Gasteiger partial charge < -0.3 is 24.4 Å². The molecule has 1 aromatic carbocycles. The zero-order valence-electron chi connectivity index (χ0n) is 17.2. The zero-order chi connectivity index (χ0) is 19.5. The van der Waals surface area contributed by atoms with Crippen LogP contribution in [0.1, 0.15) is 30.5 Å². The summed E-state index contributed by atoms with van der Waals surface area (Å²) < 4.78 is 16.3. The molecule has 2 aliphatic rings. The lowest BCUT2D eigenvalue weighted by atomic mass is 10.0. The number of hydrogen-bond donors (Lipinski definition) is 1. The maximum Gasteiger partial charge on any atom is 0.162 e. The molecule has 0 unspecified atom stereocenters. The van der Waals surface area contributed by atoms with E-state index in [1.54, 1.807) is 21.3 Å². The van der Waals surface area contributed by atoms with E-state index in [-0.39, 0.29) is 0 Å². The Bertz CT molecular complexity index is 832. The van der Waals surface area contributed by atoms with Gasteiger partial charge in [-0.2, -0.15) is 0 Å². The van der Waals surface area contributed by atoms with Crippen LogP contribution in [-0.2, 0) is 17.6 Å². The van der Waals surface area contributed by atoms with Crippen molar-refractivity contribution in [3.63, 3.8) is 0 Å². The monoisotopic (exact) mass is 385 g/mol. The van der Waals surface area contributed by atoms with Crippen molar-refractivity contribution in [2.45, 2.75) is 38.1 Å². The van der Waals surface area contributed by atoms with Crippen LogP contribution >= 0.6 is 0 Å². The molecule has 1 N–H and O–H groups in total. The highest BCUT2D eigenvalue weighted by Crippen LogP contribution is 2.40. The summed E-state index contributed by atoms with van der Waals surface area (Å²) in [6, 6.07) is 4.57. The highest BCUT2D eigenvalue weighted by Gasteiger charge is 2.25.